The first kappa shape index (κ1) is 11.9. The summed E-state index contributed by atoms with van der Waals surface area (Å²) < 4.78 is 7.25. The molecule has 0 saturated carbocycles. The van der Waals surface area contributed by atoms with Gasteiger partial charge in [0.25, 0.3) is 0 Å². The molecule has 0 N–H and O–H groups in total. The predicted octanol–water partition coefficient (Wildman–Crippen LogP) is 4.71. The van der Waals surface area contributed by atoms with Crippen molar-refractivity contribution in [2.45, 2.75) is 6.92 Å². The van der Waals surface area contributed by atoms with Crippen LogP contribution < -0.4 is 0 Å². The van der Waals surface area contributed by atoms with Crippen LogP contribution >= 0.6 is 38.5 Å². The molecule has 16 heavy (non-hydrogen) atoms. The highest BCUT2D eigenvalue weighted by atomic mass is 127. The van der Waals surface area contributed by atoms with Gasteiger partial charge < -0.3 is 4.42 Å². The number of benzene rings is 1. The molecule has 0 aliphatic rings. The van der Waals surface area contributed by atoms with E-state index in [0.717, 1.165) is 19.7 Å². The number of halogens is 2. The van der Waals surface area contributed by atoms with Crippen molar-refractivity contribution in [3.8, 4) is 0 Å². The molecule has 0 fully saturated rings. The van der Waals surface area contributed by atoms with Gasteiger partial charge >= 0.3 is 0 Å². The SMILES string of the molecule is Cc1cccc(N=Cc2cc(Br)c(I)o2)c1. The number of furan rings is 1. The fourth-order valence-corrected chi connectivity index (χ4v) is 1.99. The van der Waals surface area contributed by atoms with Gasteiger partial charge in [-0.25, -0.2) is 0 Å². The van der Waals surface area contributed by atoms with Crippen LogP contribution in [0.25, 0.3) is 0 Å². The van der Waals surface area contributed by atoms with Crippen LogP contribution in [0.15, 0.2) is 44.2 Å². The Morgan fingerprint density at radius 3 is 2.81 bits per heavy atom. The van der Waals surface area contributed by atoms with E-state index in [4.69, 9.17) is 4.42 Å². The van der Waals surface area contributed by atoms with Crippen molar-refractivity contribution in [3.05, 3.63) is 49.9 Å². The van der Waals surface area contributed by atoms with E-state index in [1.54, 1.807) is 6.21 Å². The van der Waals surface area contributed by atoms with Crippen LogP contribution in [0.4, 0.5) is 5.69 Å². The Labute approximate surface area is 116 Å². The number of rotatable bonds is 2. The van der Waals surface area contributed by atoms with E-state index in [1.807, 2.05) is 37.3 Å². The van der Waals surface area contributed by atoms with Gasteiger partial charge in [-0.3, -0.25) is 4.99 Å². The van der Waals surface area contributed by atoms with Crippen molar-refractivity contribution in [1.29, 1.82) is 0 Å². The zero-order chi connectivity index (χ0) is 11.5. The van der Waals surface area contributed by atoms with Crippen molar-refractivity contribution in [3.63, 3.8) is 0 Å². The molecule has 1 aromatic carbocycles. The van der Waals surface area contributed by atoms with Crippen molar-refractivity contribution >= 4 is 50.4 Å². The van der Waals surface area contributed by atoms with Crippen LogP contribution in [0.2, 0.25) is 0 Å². The quantitative estimate of drug-likeness (QED) is 0.539. The first-order chi connectivity index (χ1) is 7.65. The molecule has 0 amide bonds. The lowest BCUT2D eigenvalue weighted by Crippen LogP contribution is -1.75. The molecule has 0 aliphatic heterocycles. The third-order valence-electron chi connectivity index (χ3n) is 2.01. The Balaban J connectivity index is 2.21. The summed E-state index contributed by atoms with van der Waals surface area (Å²) in [5.74, 6) is 0.748. The van der Waals surface area contributed by atoms with Gasteiger partial charge in [0, 0.05) is 28.7 Å². The minimum Gasteiger partial charge on any atom is -0.448 e. The lowest BCUT2D eigenvalue weighted by Gasteiger charge is -1.93. The highest BCUT2D eigenvalue weighted by molar-refractivity contribution is 14.1. The van der Waals surface area contributed by atoms with Gasteiger partial charge in [-0.1, -0.05) is 12.1 Å². The van der Waals surface area contributed by atoms with Gasteiger partial charge in [0.2, 0.25) is 0 Å². The second kappa shape index (κ2) is 5.14. The molecule has 0 radical (unpaired) electrons. The zero-order valence-electron chi connectivity index (χ0n) is 8.58. The topological polar surface area (TPSA) is 25.5 Å². The molecular weight excluding hydrogens is 381 g/mol. The monoisotopic (exact) mass is 389 g/mol. The van der Waals surface area contributed by atoms with Crippen molar-refractivity contribution in [2.24, 2.45) is 4.99 Å². The fraction of sp³-hybridized carbons (Fsp3) is 0.0833. The average Bonchev–Trinajstić information content (AvgIpc) is 2.56. The lowest BCUT2D eigenvalue weighted by atomic mass is 10.2. The van der Waals surface area contributed by atoms with Crippen molar-refractivity contribution in [2.75, 3.05) is 0 Å². The first-order valence-electron chi connectivity index (χ1n) is 4.71. The van der Waals surface area contributed by atoms with E-state index in [2.05, 4.69) is 43.5 Å². The van der Waals surface area contributed by atoms with Gasteiger partial charge in [-0.05, 0) is 40.5 Å². The number of hydrogen-bond donors (Lipinski definition) is 0. The van der Waals surface area contributed by atoms with Crippen LogP contribution in [0.1, 0.15) is 11.3 Å². The van der Waals surface area contributed by atoms with Crippen LogP contribution in [-0.4, -0.2) is 6.21 Å². The predicted molar refractivity (Wildman–Crippen MR) is 77.6 cm³/mol. The number of aliphatic imine (C=N–C) groups is 1. The van der Waals surface area contributed by atoms with Crippen LogP contribution in [-0.2, 0) is 0 Å². The molecule has 0 bridgehead atoms. The summed E-state index contributed by atoms with van der Waals surface area (Å²) in [5, 5.41) is 0. The van der Waals surface area contributed by atoms with Gasteiger partial charge in [-0.2, -0.15) is 0 Å². The molecule has 2 aromatic rings. The van der Waals surface area contributed by atoms with Gasteiger partial charge in [0.05, 0.1) is 16.4 Å². The first-order valence-corrected chi connectivity index (χ1v) is 6.58. The Kier molecular flexibility index (Phi) is 3.81. The molecule has 0 aliphatic carbocycles. The Morgan fingerprint density at radius 2 is 2.19 bits per heavy atom. The molecule has 4 heteroatoms. The Hall–Kier alpha value is -0.620. The highest BCUT2D eigenvalue weighted by Gasteiger charge is 2.03. The third kappa shape index (κ3) is 2.95. The second-order valence-electron chi connectivity index (χ2n) is 3.37. The molecule has 0 unspecified atom stereocenters. The molecule has 82 valence electrons. The molecule has 0 atom stereocenters. The molecule has 1 aromatic heterocycles. The summed E-state index contributed by atoms with van der Waals surface area (Å²) in [5.41, 5.74) is 2.13. The van der Waals surface area contributed by atoms with E-state index in [0.29, 0.717) is 0 Å². The third-order valence-corrected chi connectivity index (χ3v) is 4.14. The van der Waals surface area contributed by atoms with Gasteiger partial charge in [0.15, 0.2) is 3.77 Å². The lowest BCUT2D eigenvalue weighted by molar-refractivity contribution is 0.530. The fourth-order valence-electron chi connectivity index (χ4n) is 1.27. The maximum atomic E-state index is 5.46. The summed E-state index contributed by atoms with van der Waals surface area (Å²) in [7, 11) is 0. The van der Waals surface area contributed by atoms with Gasteiger partial charge in [0.1, 0.15) is 5.76 Å². The maximum absolute atomic E-state index is 5.46. The standard InChI is InChI=1S/C12H9BrINO/c1-8-3-2-4-9(5-8)15-7-10-6-11(13)12(14)16-10/h2-7H,1H3. The summed E-state index contributed by atoms with van der Waals surface area (Å²) in [6.45, 7) is 2.05. The van der Waals surface area contributed by atoms with Gasteiger partial charge in [-0.15, -0.1) is 0 Å². The average molecular weight is 390 g/mol. The Bertz CT molecular complexity index is 514. The minimum absolute atomic E-state index is 0.748. The van der Waals surface area contributed by atoms with Crippen LogP contribution in [0, 0.1) is 10.7 Å². The number of aryl methyl sites for hydroxylation is 1. The molecule has 1 heterocycles. The smallest absolute Gasteiger partial charge is 0.178 e. The molecule has 0 spiro atoms. The number of nitrogens with zero attached hydrogens (tertiary/aromatic N) is 1. The normalized spacial score (nSPS) is 11.2. The van der Waals surface area contributed by atoms with Crippen LogP contribution in [0.3, 0.4) is 0 Å². The Morgan fingerprint density at radius 1 is 1.38 bits per heavy atom. The van der Waals surface area contributed by atoms with E-state index in [1.165, 1.54) is 5.56 Å². The number of hydrogen-bond acceptors (Lipinski definition) is 2. The summed E-state index contributed by atoms with van der Waals surface area (Å²) in [6.07, 6.45) is 1.72. The van der Waals surface area contributed by atoms with Crippen LogP contribution in [0.5, 0.6) is 0 Å². The second-order valence-corrected chi connectivity index (χ2v) is 5.20. The molecule has 0 saturated heterocycles. The van der Waals surface area contributed by atoms with E-state index in [-0.39, 0.29) is 0 Å². The zero-order valence-corrected chi connectivity index (χ0v) is 12.3. The highest BCUT2D eigenvalue weighted by Crippen LogP contribution is 2.22. The minimum atomic E-state index is 0.748. The van der Waals surface area contributed by atoms with E-state index >= 15 is 0 Å². The van der Waals surface area contributed by atoms with Crippen molar-refractivity contribution in [1.82, 2.24) is 0 Å². The molecular formula is C12H9BrINO. The largest absolute Gasteiger partial charge is 0.448 e. The molecule has 2 rings (SSSR count). The van der Waals surface area contributed by atoms with E-state index in [9.17, 15) is 0 Å². The summed E-state index contributed by atoms with van der Waals surface area (Å²) in [4.78, 5) is 4.35. The summed E-state index contributed by atoms with van der Waals surface area (Å²) in [6, 6.07) is 9.93. The van der Waals surface area contributed by atoms with E-state index < -0.39 is 0 Å². The maximum Gasteiger partial charge on any atom is 0.178 e. The molecule has 2 nitrogen and oxygen atoms in total. The van der Waals surface area contributed by atoms with Crippen molar-refractivity contribution < 1.29 is 4.42 Å². The summed E-state index contributed by atoms with van der Waals surface area (Å²) >= 11 is 5.52.